The molecule has 5 heteroatoms. The normalized spacial score (nSPS) is 11.1. The number of rotatable bonds is 3. The summed E-state index contributed by atoms with van der Waals surface area (Å²) in [5.41, 5.74) is -1.25. The van der Waals surface area contributed by atoms with Gasteiger partial charge in [-0.15, -0.1) is 0 Å². The lowest BCUT2D eigenvalue weighted by Crippen LogP contribution is -2.37. The summed E-state index contributed by atoms with van der Waals surface area (Å²) in [6.07, 6.45) is 3.07. The number of halogens is 1. The van der Waals surface area contributed by atoms with E-state index >= 15 is 0 Å². The molecule has 0 aliphatic carbocycles. The van der Waals surface area contributed by atoms with Crippen molar-refractivity contribution >= 4 is 21.9 Å². The van der Waals surface area contributed by atoms with E-state index in [2.05, 4.69) is 20.9 Å². The Kier molecular flexibility index (Phi) is 3.10. The molecule has 0 aliphatic rings. The van der Waals surface area contributed by atoms with Gasteiger partial charge in [-0.3, -0.25) is 4.98 Å². The first-order chi connectivity index (χ1) is 6.42. The number of hydrogen-bond acceptors (Lipinski definition) is 3. The Balaban J connectivity index is 2.83. The zero-order valence-corrected chi connectivity index (χ0v) is 9.41. The number of carboxylic acid groups (broad SMARTS) is 1. The lowest BCUT2D eigenvalue weighted by Gasteiger charge is -2.21. The van der Waals surface area contributed by atoms with Crippen molar-refractivity contribution in [3.8, 4) is 5.75 Å². The highest BCUT2D eigenvalue weighted by Crippen LogP contribution is 2.20. The zero-order chi connectivity index (χ0) is 10.8. The van der Waals surface area contributed by atoms with E-state index in [-0.39, 0.29) is 0 Å². The molecule has 0 aliphatic heterocycles. The predicted octanol–water partition coefficient (Wildman–Crippen LogP) is 2.09. The van der Waals surface area contributed by atoms with E-state index in [1.165, 1.54) is 20.0 Å². The van der Waals surface area contributed by atoms with Crippen molar-refractivity contribution in [3.63, 3.8) is 0 Å². The van der Waals surface area contributed by atoms with E-state index in [4.69, 9.17) is 9.84 Å². The molecule has 0 bridgehead atoms. The van der Waals surface area contributed by atoms with Gasteiger partial charge in [0.2, 0.25) is 0 Å². The van der Waals surface area contributed by atoms with Gasteiger partial charge in [-0.1, -0.05) is 0 Å². The first-order valence-corrected chi connectivity index (χ1v) is 4.74. The fourth-order valence-corrected chi connectivity index (χ4v) is 1.13. The molecule has 1 heterocycles. The maximum Gasteiger partial charge on any atom is 0.347 e. The van der Waals surface area contributed by atoms with Gasteiger partial charge < -0.3 is 9.84 Å². The van der Waals surface area contributed by atoms with Crippen LogP contribution in [0.15, 0.2) is 22.9 Å². The standard InChI is InChI=1S/C9H10BrNO3/c1-9(2,8(12)13)14-7-3-6(10)4-11-5-7/h3-5H,1-2H3,(H,12,13). The average Bonchev–Trinajstić information content (AvgIpc) is 2.02. The summed E-state index contributed by atoms with van der Waals surface area (Å²) in [7, 11) is 0. The Hall–Kier alpha value is -1.10. The van der Waals surface area contributed by atoms with Crippen molar-refractivity contribution in [3.05, 3.63) is 22.9 Å². The van der Waals surface area contributed by atoms with Gasteiger partial charge in [0, 0.05) is 10.7 Å². The lowest BCUT2D eigenvalue weighted by atomic mass is 10.1. The number of pyridine rings is 1. The molecule has 0 aromatic carbocycles. The summed E-state index contributed by atoms with van der Waals surface area (Å²) < 4.78 is 6.00. The molecule has 1 rings (SSSR count). The second kappa shape index (κ2) is 3.96. The third-order valence-electron chi connectivity index (χ3n) is 1.57. The minimum Gasteiger partial charge on any atom is -0.478 e. The second-order valence-electron chi connectivity index (χ2n) is 3.26. The topological polar surface area (TPSA) is 59.4 Å². The van der Waals surface area contributed by atoms with Gasteiger partial charge in [0.05, 0.1) is 6.20 Å². The molecule has 0 unspecified atom stereocenters. The third-order valence-corrected chi connectivity index (χ3v) is 2.00. The summed E-state index contributed by atoms with van der Waals surface area (Å²) in [6, 6.07) is 1.66. The number of nitrogens with zero attached hydrogens (tertiary/aromatic N) is 1. The van der Waals surface area contributed by atoms with Gasteiger partial charge in [0.25, 0.3) is 0 Å². The van der Waals surface area contributed by atoms with Crippen molar-refractivity contribution in [2.24, 2.45) is 0 Å². The second-order valence-corrected chi connectivity index (χ2v) is 4.17. The monoisotopic (exact) mass is 259 g/mol. The smallest absolute Gasteiger partial charge is 0.347 e. The fourth-order valence-electron chi connectivity index (χ4n) is 0.786. The lowest BCUT2D eigenvalue weighted by molar-refractivity contribution is -0.152. The maximum atomic E-state index is 10.8. The van der Waals surface area contributed by atoms with Gasteiger partial charge in [-0.25, -0.2) is 4.79 Å². The van der Waals surface area contributed by atoms with E-state index in [1.807, 2.05) is 0 Å². The fraction of sp³-hybridized carbons (Fsp3) is 0.333. The summed E-state index contributed by atoms with van der Waals surface area (Å²) in [5, 5.41) is 8.81. The summed E-state index contributed by atoms with van der Waals surface area (Å²) in [5.74, 6) is -0.593. The quantitative estimate of drug-likeness (QED) is 0.903. The van der Waals surface area contributed by atoms with Gasteiger partial charge in [-0.05, 0) is 35.8 Å². The predicted molar refractivity (Wildman–Crippen MR) is 54.3 cm³/mol. The largest absolute Gasteiger partial charge is 0.478 e. The number of hydrogen-bond donors (Lipinski definition) is 1. The summed E-state index contributed by atoms with van der Waals surface area (Å²) >= 11 is 3.22. The van der Waals surface area contributed by atoms with Crippen LogP contribution in [-0.4, -0.2) is 21.7 Å². The van der Waals surface area contributed by atoms with Crippen LogP contribution in [0.4, 0.5) is 0 Å². The molecule has 0 fully saturated rings. The number of carbonyl (C=O) groups is 1. The van der Waals surface area contributed by atoms with E-state index in [1.54, 1.807) is 12.3 Å². The highest BCUT2D eigenvalue weighted by molar-refractivity contribution is 9.10. The highest BCUT2D eigenvalue weighted by Gasteiger charge is 2.29. The van der Waals surface area contributed by atoms with Crippen LogP contribution >= 0.6 is 15.9 Å². The SMILES string of the molecule is CC(C)(Oc1cncc(Br)c1)C(=O)O. The third kappa shape index (κ3) is 2.70. The minimum atomic E-state index is -1.25. The molecule has 0 radical (unpaired) electrons. The van der Waals surface area contributed by atoms with E-state index in [0.29, 0.717) is 5.75 Å². The van der Waals surface area contributed by atoms with E-state index < -0.39 is 11.6 Å². The number of aromatic nitrogens is 1. The molecule has 1 N–H and O–H groups in total. The van der Waals surface area contributed by atoms with Gasteiger partial charge >= 0.3 is 5.97 Å². The zero-order valence-electron chi connectivity index (χ0n) is 7.82. The summed E-state index contributed by atoms with van der Waals surface area (Å²) in [4.78, 5) is 14.6. The van der Waals surface area contributed by atoms with Crippen LogP contribution < -0.4 is 4.74 Å². The van der Waals surface area contributed by atoms with Gasteiger partial charge in [0.1, 0.15) is 5.75 Å². The molecule has 76 valence electrons. The first-order valence-electron chi connectivity index (χ1n) is 3.95. The Morgan fingerprint density at radius 2 is 2.21 bits per heavy atom. The number of aliphatic carboxylic acids is 1. The van der Waals surface area contributed by atoms with Crippen LogP contribution in [0.1, 0.15) is 13.8 Å². The Bertz CT molecular complexity index is 352. The Morgan fingerprint density at radius 1 is 1.57 bits per heavy atom. The Morgan fingerprint density at radius 3 is 2.71 bits per heavy atom. The number of carboxylic acids is 1. The molecule has 4 nitrogen and oxygen atoms in total. The van der Waals surface area contributed by atoms with Crippen molar-refractivity contribution in [1.29, 1.82) is 0 Å². The Labute approximate surface area is 90.0 Å². The molecule has 1 aromatic heterocycles. The molecular weight excluding hydrogens is 250 g/mol. The van der Waals surface area contributed by atoms with Crippen molar-refractivity contribution in [1.82, 2.24) is 4.98 Å². The molecular formula is C9H10BrNO3. The molecule has 0 spiro atoms. The highest BCUT2D eigenvalue weighted by atomic mass is 79.9. The van der Waals surface area contributed by atoms with Crippen molar-refractivity contribution in [2.45, 2.75) is 19.4 Å². The van der Waals surface area contributed by atoms with Crippen LogP contribution in [0.2, 0.25) is 0 Å². The van der Waals surface area contributed by atoms with Crippen LogP contribution in [0.3, 0.4) is 0 Å². The molecule has 0 atom stereocenters. The average molecular weight is 260 g/mol. The van der Waals surface area contributed by atoms with E-state index in [9.17, 15) is 4.79 Å². The first kappa shape index (κ1) is 11.0. The number of ether oxygens (including phenoxy) is 1. The molecule has 0 amide bonds. The van der Waals surface area contributed by atoms with Gasteiger partial charge in [0.15, 0.2) is 5.60 Å². The van der Waals surface area contributed by atoms with E-state index in [0.717, 1.165) is 4.47 Å². The van der Waals surface area contributed by atoms with Crippen LogP contribution in [0.5, 0.6) is 5.75 Å². The van der Waals surface area contributed by atoms with Crippen LogP contribution in [0.25, 0.3) is 0 Å². The minimum absolute atomic E-state index is 0.423. The molecule has 1 aromatic rings. The summed E-state index contributed by atoms with van der Waals surface area (Å²) in [6.45, 7) is 2.96. The van der Waals surface area contributed by atoms with Crippen molar-refractivity contribution < 1.29 is 14.6 Å². The molecule has 0 saturated heterocycles. The van der Waals surface area contributed by atoms with Crippen molar-refractivity contribution in [2.75, 3.05) is 0 Å². The maximum absolute atomic E-state index is 10.8. The molecule has 0 saturated carbocycles. The van der Waals surface area contributed by atoms with Crippen LogP contribution in [0, 0.1) is 0 Å². The van der Waals surface area contributed by atoms with Crippen LogP contribution in [-0.2, 0) is 4.79 Å². The van der Waals surface area contributed by atoms with Gasteiger partial charge in [-0.2, -0.15) is 0 Å². The molecule has 14 heavy (non-hydrogen) atoms.